The van der Waals surface area contributed by atoms with Crippen LogP contribution in [0.15, 0.2) is 46.2 Å². The monoisotopic (exact) mass is 531 g/mol. The van der Waals surface area contributed by atoms with Crippen LogP contribution in [0.4, 0.5) is 5.69 Å². The predicted molar refractivity (Wildman–Crippen MR) is 150 cm³/mol. The third-order valence-corrected chi connectivity index (χ3v) is 8.96. The van der Waals surface area contributed by atoms with E-state index in [2.05, 4.69) is 55.6 Å². The van der Waals surface area contributed by atoms with Crippen molar-refractivity contribution >= 4 is 27.3 Å². The molecule has 198 valence electrons. The molecule has 2 aliphatic heterocycles. The maximum atomic E-state index is 5.95. The molecule has 2 saturated heterocycles. The SMILES string of the molecule is Cc1ccc(CCCOC2CCCCO2)c(SSc2cc(C)ccc2NCCOC2CCCCO2)c1. The Morgan fingerprint density at radius 2 is 1.44 bits per heavy atom. The minimum absolute atomic E-state index is 0.00555. The summed E-state index contributed by atoms with van der Waals surface area (Å²) in [6.45, 7) is 8.12. The highest BCUT2D eigenvalue weighted by Crippen LogP contribution is 2.43. The van der Waals surface area contributed by atoms with Gasteiger partial charge >= 0.3 is 0 Å². The summed E-state index contributed by atoms with van der Waals surface area (Å²) in [4.78, 5) is 2.58. The highest BCUT2D eigenvalue weighted by atomic mass is 33.1. The molecule has 2 fully saturated rings. The van der Waals surface area contributed by atoms with Gasteiger partial charge in [-0.3, -0.25) is 0 Å². The van der Waals surface area contributed by atoms with Crippen LogP contribution >= 0.6 is 21.6 Å². The van der Waals surface area contributed by atoms with Crippen molar-refractivity contribution < 1.29 is 18.9 Å². The van der Waals surface area contributed by atoms with Crippen molar-refractivity contribution in [2.45, 2.75) is 87.6 Å². The summed E-state index contributed by atoms with van der Waals surface area (Å²) in [7, 11) is 3.67. The first-order valence-electron chi connectivity index (χ1n) is 13.4. The van der Waals surface area contributed by atoms with E-state index in [0.29, 0.717) is 6.61 Å². The van der Waals surface area contributed by atoms with Crippen LogP contribution < -0.4 is 5.32 Å². The lowest BCUT2D eigenvalue weighted by molar-refractivity contribution is -0.162. The molecule has 0 aliphatic carbocycles. The Hall–Kier alpha value is -1.22. The van der Waals surface area contributed by atoms with Crippen molar-refractivity contribution in [3.63, 3.8) is 0 Å². The van der Waals surface area contributed by atoms with Gasteiger partial charge in [-0.2, -0.15) is 0 Å². The molecular weight excluding hydrogens is 490 g/mol. The van der Waals surface area contributed by atoms with E-state index >= 15 is 0 Å². The topological polar surface area (TPSA) is 49.0 Å². The highest BCUT2D eigenvalue weighted by molar-refractivity contribution is 8.76. The van der Waals surface area contributed by atoms with Crippen LogP contribution in [0.3, 0.4) is 0 Å². The van der Waals surface area contributed by atoms with E-state index in [1.165, 1.54) is 39.3 Å². The molecular formula is C29H41NO4S2. The quantitative estimate of drug-likeness (QED) is 0.212. The Labute approximate surface area is 224 Å². The second-order valence-electron chi connectivity index (χ2n) is 9.64. The summed E-state index contributed by atoms with van der Waals surface area (Å²) in [6, 6.07) is 13.4. The first kappa shape index (κ1) is 27.8. The van der Waals surface area contributed by atoms with Crippen LogP contribution in [0.5, 0.6) is 0 Å². The number of hydrogen-bond acceptors (Lipinski definition) is 7. The standard InChI is InChI=1S/C29H41NO4S2/c1-22-11-13-24(8-7-18-33-28-9-3-5-16-31-28)26(20-22)35-36-27-21-23(2)12-14-25(27)30-15-19-34-29-10-4-6-17-32-29/h11-14,20-21,28-30H,3-10,15-19H2,1-2H3. The fourth-order valence-corrected chi connectivity index (χ4v) is 6.99. The summed E-state index contributed by atoms with van der Waals surface area (Å²) in [5, 5.41) is 3.57. The van der Waals surface area contributed by atoms with Crippen molar-refractivity contribution in [3.8, 4) is 0 Å². The van der Waals surface area contributed by atoms with E-state index in [9.17, 15) is 0 Å². The molecule has 7 heteroatoms. The van der Waals surface area contributed by atoms with Gasteiger partial charge in [0.1, 0.15) is 0 Å². The Morgan fingerprint density at radius 3 is 2.14 bits per heavy atom. The molecule has 0 spiro atoms. The number of ether oxygens (including phenoxy) is 4. The Bertz CT molecular complexity index is 854. The molecule has 2 atom stereocenters. The smallest absolute Gasteiger partial charge is 0.157 e. The summed E-state index contributed by atoms with van der Waals surface area (Å²) >= 11 is 0. The summed E-state index contributed by atoms with van der Waals surface area (Å²) < 4.78 is 23.2. The van der Waals surface area contributed by atoms with Crippen LogP contribution in [0, 0.1) is 13.8 Å². The van der Waals surface area contributed by atoms with Crippen LogP contribution in [-0.4, -0.2) is 45.6 Å². The van der Waals surface area contributed by atoms with E-state index in [1.54, 1.807) is 0 Å². The second kappa shape index (κ2) is 15.3. The Kier molecular flexibility index (Phi) is 11.8. The normalized spacial score (nSPS) is 20.4. The molecule has 0 bridgehead atoms. The molecule has 2 aromatic carbocycles. The summed E-state index contributed by atoms with van der Waals surface area (Å²) in [5.74, 6) is 0. The van der Waals surface area contributed by atoms with Gasteiger partial charge in [0, 0.05) is 35.2 Å². The average Bonchev–Trinajstić information content (AvgIpc) is 2.91. The second-order valence-corrected chi connectivity index (χ2v) is 11.9. The number of hydrogen-bond donors (Lipinski definition) is 1. The number of nitrogens with one attached hydrogen (secondary N) is 1. The molecule has 2 heterocycles. The van der Waals surface area contributed by atoms with Gasteiger partial charge in [0.2, 0.25) is 0 Å². The maximum absolute atomic E-state index is 5.95. The zero-order valence-corrected chi connectivity index (χ0v) is 23.4. The number of aryl methyl sites for hydroxylation is 3. The van der Waals surface area contributed by atoms with Gasteiger partial charge in [-0.25, -0.2) is 0 Å². The molecule has 0 aromatic heterocycles. The lowest BCUT2D eigenvalue weighted by Gasteiger charge is -2.23. The van der Waals surface area contributed by atoms with Gasteiger partial charge < -0.3 is 24.3 Å². The third-order valence-electron chi connectivity index (χ3n) is 6.47. The first-order chi connectivity index (χ1) is 17.7. The molecule has 36 heavy (non-hydrogen) atoms. The Balaban J connectivity index is 1.28. The molecule has 5 nitrogen and oxygen atoms in total. The molecule has 0 saturated carbocycles. The maximum Gasteiger partial charge on any atom is 0.157 e. The molecule has 0 amide bonds. The van der Waals surface area contributed by atoms with Gasteiger partial charge in [-0.1, -0.05) is 39.8 Å². The van der Waals surface area contributed by atoms with Gasteiger partial charge in [0.05, 0.1) is 13.2 Å². The van der Waals surface area contributed by atoms with Crippen LogP contribution in [0.25, 0.3) is 0 Å². The van der Waals surface area contributed by atoms with E-state index in [1.807, 2.05) is 21.6 Å². The largest absolute Gasteiger partial charge is 0.382 e. The van der Waals surface area contributed by atoms with Crippen molar-refractivity contribution in [2.24, 2.45) is 0 Å². The zero-order chi connectivity index (χ0) is 25.0. The fourth-order valence-electron chi connectivity index (χ4n) is 4.42. The molecule has 4 rings (SSSR count). The van der Waals surface area contributed by atoms with Crippen molar-refractivity contribution in [1.29, 1.82) is 0 Å². The van der Waals surface area contributed by atoms with Crippen molar-refractivity contribution in [3.05, 3.63) is 53.1 Å². The van der Waals surface area contributed by atoms with E-state index < -0.39 is 0 Å². The van der Waals surface area contributed by atoms with Crippen LogP contribution in [-0.2, 0) is 25.4 Å². The average molecular weight is 532 g/mol. The van der Waals surface area contributed by atoms with Crippen LogP contribution in [0.2, 0.25) is 0 Å². The number of anilines is 1. The first-order valence-corrected chi connectivity index (χ1v) is 15.6. The predicted octanol–water partition coefficient (Wildman–Crippen LogP) is 7.53. The zero-order valence-electron chi connectivity index (χ0n) is 21.8. The molecule has 2 aromatic rings. The Morgan fingerprint density at radius 1 is 0.806 bits per heavy atom. The van der Waals surface area contributed by atoms with Crippen LogP contribution in [0.1, 0.15) is 61.6 Å². The molecule has 2 unspecified atom stereocenters. The van der Waals surface area contributed by atoms with E-state index in [0.717, 1.165) is 70.6 Å². The van der Waals surface area contributed by atoms with Gasteiger partial charge in [0.25, 0.3) is 0 Å². The minimum atomic E-state index is -0.0386. The molecule has 1 N–H and O–H groups in total. The van der Waals surface area contributed by atoms with Gasteiger partial charge in [-0.15, -0.1) is 0 Å². The van der Waals surface area contributed by atoms with E-state index in [-0.39, 0.29) is 12.6 Å². The van der Waals surface area contributed by atoms with E-state index in [4.69, 9.17) is 18.9 Å². The number of rotatable bonds is 13. The fraction of sp³-hybridized carbons (Fsp3) is 0.586. The van der Waals surface area contributed by atoms with Crippen molar-refractivity contribution in [1.82, 2.24) is 0 Å². The number of benzene rings is 2. The summed E-state index contributed by atoms with van der Waals surface area (Å²) in [5.41, 5.74) is 5.09. The van der Waals surface area contributed by atoms with Crippen molar-refractivity contribution in [2.75, 3.05) is 38.3 Å². The van der Waals surface area contributed by atoms with Gasteiger partial charge in [-0.05, 0) is 100 Å². The third kappa shape index (κ3) is 9.26. The lowest BCUT2D eigenvalue weighted by Crippen LogP contribution is -2.24. The lowest BCUT2D eigenvalue weighted by atomic mass is 10.1. The summed E-state index contributed by atoms with van der Waals surface area (Å²) in [6.07, 6.45) is 8.69. The highest BCUT2D eigenvalue weighted by Gasteiger charge is 2.15. The molecule has 2 aliphatic rings. The molecule has 0 radical (unpaired) electrons. The van der Waals surface area contributed by atoms with Gasteiger partial charge in [0.15, 0.2) is 12.6 Å². The minimum Gasteiger partial charge on any atom is -0.382 e.